The average Bonchev–Trinajstić information content (AvgIpc) is 3.22. The van der Waals surface area contributed by atoms with Crippen molar-refractivity contribution in [1.82, 2.24) is 5.32 Å². The first-order valence-corrected chi connectivity index (χ1v) is 9.87. The van der Waals surface area contributed by atoms with E-state index in [0.717, 1.165) is 15.8 Å². The van der Waals surface area contributed by atoms with Crippen molar-refractivity contribution in [2.45, 2.75) is 19.1 Å². The molecule has 1 aliphatic heterocycles. The monoisotopic (exact) mass is 452 g/mol. The van der Waals surface area contributed by atoms with Gasteiger partial charge < -0.3 is 19.2 Å². The van der Waals surface area contributed by atoms with Gasteiger partial charge in [-0.15, -0.1) is 0 Å². The Morgan fingerprint density at radius 3 is 2.97 bits per heavy atom. The number of nitrogens with zero attached hydrogens (tertiary/aromatic N) is 1. The SMILES string of the molecule is N#Cc1ccccc1OCc1ccc(C(=O)NC2CCOc3ccc(Br)cc32)o1. The van der Waals surface area contributed by atoms with E-state index in [0.29, 0.717) is 30.1 Å². The second-order valence-electron chi connectivity index (χ2n) is 6.51. The summed E-state index contributed by atoms with van der Waals surface area (Å²) in [6.07, 6.45) is 0.677. The summed E-state index contributed by atoms with van der Waals surface area (Å²) in [7, 11) is 0. The molecule has 4 rings (SSSR count). The lowest BCUT2D eigenvalue weighted by Gasteiger charge is -2.26. The van der Waals surface area contributed by atoms with Gasteiger partial charge in [0, 0.05) is 16.5 Å². The number of ether oxygens (including phenoxy) is 2. The maximum atomic E-state index is 12.7. The highest BCUT2D eigenvalue weighted by molar-refractivity contribution is 9.10. The molecule has 0 saturated carbocycles. The predicted molar refractivity (Wildman–Crippen MR) is 109 cm³/mol. The Morgan fingerprint density at radius 2 is 2.10 bits per heavy atom. The van der Waals surface area contributed by atoms with Crippen LogP contribution < -0.4 is 14.8 Å². The Bertz CT molecular complexity index is 1090. The van der Waals surface area contributed by atoms with E-state index < -0.39 is 0 Å². The molecule has 0 spiro atoms. The minimum absolute atomic E-state index is 0.124. The number of para-hydroxylation sites is 1. The first kappa shape index (κ1) is 19.1. The van der Waals surface area contributed by atoms with Crippen LogP contribution in [-0.2, 0) is 6.61 Å². The van der Waals surface area contributed by atoms with Gasteiger partial charge in [0.2, 0.25) is 0 Å². The number of amides is 1. The zero-order valence-electron chi connectivity index (χ0n) is 15.4. The molecule has 6 nitrogen and oxygen atoms in total. The molecule has 1 unspecified atom stereocenters. The minimum atomic E-state index is -0.300. The van der Waals surface area contributed by atoms with Crippen LogP contribution in [0.15, 0.2) is 63.5 Å². The topological polar surface area (TPSA) is 84.5 Å². The molecular formula is C22H17BrN2O4. The highest BCUT2D eigenvalue weighted by Crippen LogP contribution is 2.34. The van der Waals surface area contributed by atoms with Crippen LogP contribution in [0.2, 0.25) is 0 Å². The van der Waals surface area contributed by atoms with Gasteiger partial charge in [-0.2, -0.15) is 5.26 Å². The van der Waals surface area contributed by atoms with Gasteiger partial charge in [0.05, 0.1) is 18.2 Å². The molecule has 3 aromatic rings. The largest absolute Gasteiger partial charge is 0.493 e. The fraction of sp³-hybridized carbons (Fsp3) is 0.182. The van der Waals surface area contributed by atoms with Crippen LogP contribution in [0.4, 0.5) is 0 Å². The lowest BCUT2D eigenvalue weighted by Crippen LogP contribution is -2.32. The fourth-order valence-corrected chi connectivity index (χ4v) is 3.53. The number of nitriles is 1. The molecule has 7 heteroatoms. The molecule has 1 aromatic heterocycles. The summed E-state index contributed by atoms with van der Waals surface area (Å²) in [6, 6.07) is 17.9. The zero-order chi connectivity index (χ0) is 20.2. The van der Waals surface area contributed by atoms with Crippen LogP contribution >= 0.6 is 15.9 Å². The number of carbonyl (C=O) groups is 1. The Labute approximate surface area is 176 Å². The predicted octanol–water partition coefficient (Wildman–Crippen LogP) is 4.75. The first-order valence-electron chi connectivity index (χ1n) is 9.08. The number of hydrogen-bond donors (Lipinski definition) is 1. The van der Waals surface area contributed by atoms with Crippen molar-refractivity contribution in [2.24, 2.45) is 0 Å². The van der Waals surface area contributed by atoms with Crippen LogP contribution in [0.5, 0.6) is 11.5 Å². The lowest BCUT2D eigenvalue weighted by atomic mass is 10.0. The third-order valence-corrected chi connectivity index (χ3v) is 5.07. The Morgan fingerprint density at radius 1 is 1.24 bits per heavy atom. The number of hydrogen-bond acceptors (Lipinski definition) is 5. The van der Waals surface area contributed by atoms with Crippen LogP contribution in [0.3, 0.4) is 0 Å². The highest BCUT2D eigenvalue weighted by Gasteiger charge is 2.25. The van der Waals surface area contributed by atoms with Crippen LogP contribution in [0.25, 0.3) is 0 Å². The van der Waals surface area contributed by atoms with Crippen molar-refractivity contribution < 1.29 is 18.7 Å². The molecule has 1 N–H and O–H groups in total. The van der Waals surface area contributed by atoms with Gasteiger partial charge >= 0.3 is 0 Å². The van der Waals surface area contributed by atoms with Gasteiger partial charge in [0.25, 0.3) is 5.91 Å². The van der Waals surface area contributed by atoms with E-state index in [2.05, 4.69) is 27.3 Å². The van der Waals surface area contributed by atoms with E-state index >= 15 is 0 Å². The summed E-state index contributed by atoms with van der Waals surface area (Å²) >= 11 is 3.46. The van der Waals surface area contributed by atoms with Crippen LogP contribution in [0.1, 0.15) is 39.9 Å². The summed E-state index contributed by atoms with van der Waals surface area (Å²) in [5.74, 6) is 1.65. The van der Waals surface area contributed by atoms with Crippen molar-refractivity contribution in [3.05, 3.63) is 81.7 Å². The molecule has 2 aromatic carbocycles. The van der Waals surface area contributed by atoms with Gasteiger partial charge in [-0.3, -0.25) is 4.79 Å². The van der Waals surface area contributed by atoms with Gasteiger partial charge in [-0.25, -0.2) is 0 Å². The summed E-state index contributed by atoms with van der Waals surface area (Å²) < 4.78 is 17.9. The Hall–Kier alpha value is -3.24. The maximum Gasteiger partial charge on any atom is 0.287 e. The van der Waals surface area contributed by atoms with E-state index in [1.807, 2.05) is 18.2 Å². The number of fused-ring (bicyclic) bond motifs is 1. The lowest BCUT2D eigenvalue weighted by molar-refractivity contribution is 0.0892. The number of carbonyl (C=O) groups excluding carboxylic acids is 1. The van der Waals surface area contributed by atoms with Crippen molar-refractivity contribution in [1.29, 1.82) is 5.26 Å². The molecule has 2 heterocycles. The number of rotatable bonds is 5. The molecule has 146 valence electrons. The van der Waals surface area contributed by atoms with Crippen molar-refractivity contribution in [2.75, 3.05) is 6.61 Å². The molecule has 29 heavy (non-hydrogen) atoms. The Kier molecular flexibility index (Phi) is 5.54. The first-order chi connectivity index (χ1) is 14.1. The normalized spacial score (nSPS) is 15.0. The minimum Gasteiger partial charge on any atom is -0.493 e. The van der Waals surface area contributed by atoms with Crippen LogP contribution in [-0.4, -0.2) is 12.5 Å². The third kappa shape index (κ3) is 4.28. The smallest absolute Gasteiger partial charge is 0.287 e. The summed E-state index contributed by atoms with van der Waals surface area (Å²) in [4.78, 5) is 12.7. The summed E-state index contributed by atoms with van der Waals surface area (Å²) in [6.45, 7) is 0.661. The number of furan rings is 1. The van der Waals surface area contributed by atoms with E-state index in [-0.39, 0.29) is 24.3 Å². The van der Waals surface area contributed by atoms with Gasteiger partial charge in [-0.05, 0) is 42.5 Å². The number of halogens is 1. The number of benzene rings is 2. The van der Waals surface area contributed by atoms with E-state index in [9.17, 15) is 4.79 Å². The quantitative estimate of drug-likeness (QED) is 0.603. The summed E-state index contributed by atoms with van der Waals surface area (Å²) in [5.41, 5.74) is 1.38. The fourth-order valence-electron chi connectivity index (χ4n) is 3.16. The molecule has 1 amide bonds. The molecule has 1 atom stereocenters. The van der Waals surface area contributed by atoms with Crippen molar-refractivity contribution >= 4 is 21.8 Å². The van der Waals surface area contributed by atoms with Gasteiger partial charge in [0.15, 0.2) is 5.76 Å². The molecule has 0 bridgehead atoms. The molecular weight excluding hydrogens is 436 g/mol. The molecule has 0 aliphatic carbocycles. The van der Waals surface area contributed by atoms with Crippen LogP contribution in [0, 0.1) is 11.3 Å². The highest BCUT2D eigenvalue weighted by atomic mass is 79.9. The number of nitrogens with one attached hydrogen (secondary N) is 1. The molecule has 0 radical (unpaired) electrons. The van der Waals surface area contributed by atoms with Crippen molar-refractivity contribution in [3.63, 3.8) is 0 Å². The maximum absolute atomic E-state index is 12.7. The van der Waals surface area contributed by atoms with E-state index in [4.69, 9.17) is 19.2 Å². The standard InChI is InChI=1S/C22H17BrN2O4/c23-15-5-7-20-17(11-15)18(9-10-27-20)25-22(26)21-8-6-16(29-21)13-28-19-4-2-1-3-14(19)12-24/h1-8,11,18H,9-10,13H2,(H,25,26). The second kappa shape index (κ2) is 8.41. The average molecular weight is 453 g/mol. The van der Waals surface area contributed by atoms with Gasteiger partial charge in [-0.1, -0.05) is 28.1 Å². The Balaban J connectivity index is 1.42. The third-order valence-electron chi connectivity index (χ3n) is 4.58. The van der Waals surface area contributed by atoms with E-state index in [1.165, 1.54) is 0 Å². The molecule has 1 aliphatic rings. The van der Waals surface area contributed by atoms with E-state index in [1.54, 1.807) is 36.4 Å². The molecule has 0 saturated heterocycles. The molecule has 0 fully saturated rings. The zero-order valence-corrected chi connectivity index (χ0v) is 16.9. The summed E-state index contributed by atoms with van der Waals surface area (Å²) in [5, 5.41) is 12.1. The van der Waals surface area contributed by atoms with Gasteiger partial charge in [0.1, 0.15) is 29.9 Å². The second-order valence-corrected chi connectivity index (χ2v) is 7.42. The van der Waals surface area contributed by atoms with Crippen molar-refractivity contribution in [3.8, 4) is 17.6 Å².